The van der Waals surface area contributed by atoms with Gasteiger partial charge in [0.05, 0.1) is 19.0 Å². The summed E-state index contributed by atoms with van der Waals surface area (Å²) in [4.78, 5) is 7.26. The van der Waals surface area contributed by atoms with Crippen molar-refractivity contribution in [3.63, 3.8) is 0 Å². The summed E-state index contributed by atoms with van der Waals surface area (Å²) in [7, 11) is -0.591. The standard InChI is InChI=1S/C8H12ClN3O3S/c1-12(3-4-15-2)16(13,14)7-5-10-8(9)11-6-7/h5-6H,3-4H2,1-2H3. The average Bonchev–Trinajstić information content (AvgIpc) is 2.26. The SMILES string of the molecule is COCCN(C)S(=O)(=O)c1cnc(Cl)nc1. The van der Waals surface area contributed by atoms with E-state index in [1.807, 2.05) is 0 Å². The van der Waals surface area contributed by atoms with Gasteiger partial charge in [-0.1, -0.05) is 0 Å². The van der Waals surface area contributed by atoms with Gasteiger partial charge >= 0.3 is 0 Å². The van der Waals surface area contributed by atoms with Gasteiger partial charge in [0.1, 0.15) is 4.90 Å². The van der Waals surface area contributed by atoms with Gasteiger partial charge in [0.25, 0.3) is 0 Å². The van der Waals surface area contributed by atoms with E-state index < -0.39 is 10.0 Å². The summed E-state index contributed by atoms with van der Waals surface area (Å²) in [5.41, 5.74) is 0. The van der Waals surface area contributed by atoms with Gasteiger partial charge in [0.15, 0.2) is 0 Å². The van der Waals surface area contributed by atoms with Crippen molar-refractivity contribution in [3.8, 4) is 0 Å². The minimum Gasteiger partial charge on any atom is -0.383 e. The van der Waals surface area contributed by atoms with Gasteiger partial charge in [0, 0.05) is 20.7 Å². The highest BCUT2D eigenvalue weighted by Crippen LogP contribution is 2.12. The first-order valence-corrected chi connectivity index (χ1v) is 6.23. The number of methoxy groups -OCH3 is 1. The Morgan fingerprint density at radius 3 is 2.50 bits per heavy atom. The van der Waals surface area contributed by atoms with E-state index in [0.29, 0.717) is 6.61 Å². The van der Waals surface area contributed by atoms with E-state index >= 15 is 0 Å². The molecule has 0 atom stereocenters. The molecule has 1 rings (SSSR count). The third-order valence-electron chi connectivity index (χ3n) is 1.92. The smallest absolute Gasteiger partial charge is 0.245 e. The molecule has 8 heteroatoms. The largest absolute Gasteiger partial charge is 0.383 e. The van der Waals surface area contributed by atoms with E-state index in [0.717, 1.165) is 0 Å². The number of hydrogen-bond acceptors (Lipinski definition) is 5. The quantitative estimate of drug-likeness (QED) is 0.721. The Hall–Kier alpha value is -0.760. The zero-order valence-corrected chi connectivity index (χ0v) is 10.5. The maximum absolute atomic E-state index is 11.9. The monoisotopic (exact) mass is 265 g/mol. The molecule has 0 fully saturated rings. The van der Waals surface area contributed by atoms with Gasteiger partial charge in [-0.15, -0.1) is 0 Å². The summed E-state index contributed by atoms with van der Waals surface area (Å²) < 4.78 is 29.8. The third kappa shape index (κ3) is 3.11. The molecule has 1 heterocycles. The van der Waals surface area contributed by atoms with E-state index in [2.05, 4.69) is 9.97 Å². The minimum absolute atomic E-state index is 0.00973. The van der Waals surface area contributed by atoms with Crippen molar-refractivity contribution in [1.82, 2.24) is 14.3 Å². The number of aromatic nitrogens is 2. The number of likely N-dealkylation sites (N-methyl/N-ethyl adjacent to an activating group) is 1. The van der Waals surface area contributed by atoms with Gasteiger partial charge in [-0.25, -0.2) is 18.4 Å². The molecular weight excluding hydrogens is 254 g/mol. The van der Waals surface area contributed by atoms with Crippen molar-refractivity contribution in [3.05, 3.63) is 17.7 Å². The Bertz CT molecular complexity index is 434. The summed E-state index contributed by atoms with van der Waals surface area (Å²) in [5, 5.41) is 0.0125. The van der Waals surface area contributed by atoms with Crippen molar-refractivity contribution < 1.29 is 13.2 Å². The Kier molecular flexibility index (Phi) is 4.60. The Labute approximate surface area is 99.3 Å². The molecule has 0 aliphatic heterocycles. The molecule has 0 bridgehead atoms. The van der Waals surface area contributed by atoms with E-state index in [4.69, 9.17) is 16.3 Å². The lowest BCUT2D eigenvalue weighted by atomic mass is 10.7. The van der Waals surface area contributed by atoms with Crippen LogP contribution < -0.4 is 0 Å². The predicted octanol–water partition coefficient (Wildman–Crippen LogP) is 0.397. The highest BCUT2D eigenvalue weighted by molar-refractivity contribution is 7.89. The van der Waals surface area contributed by atoms with Crippen molar-refractivity contribution in [2.24, 2.45) is 0 Å². The molecule has 16 heavy (non-hydrogen) atoms. The number of sulfonamides is 1. The number of ether oxygens (including phenoxy) is 1. The van der Waals surface area contributed by atoms with Crippen LogP contribution in [0.1, 0.15) is 0 Å². The molecule has 0 amide bonds. The molecular formula is C8H12ClN3O3S. The second-order valence-electron chi connectivity index (χ2n) is 3.01. The number of rotatable bonds is 5. The molecule has 0 saturated heterocycles. The maximum atomic E-state index is 11.9. The van der Waals surface area contributed by atoms with Crippen molar-refractivity contribution in [2.45, 2.75) is 4.90 Å². The van der Waals surface area contributed by atoms with Crippen LogP contribution in [0.2, 0.25) is 5.28 Å². The number of nitrogens with zero attached hydrogens (tertiary/aromatic N) is 3. The molecule has 1 aromatic heterocycles. The van der Waals surface area contributed by atoms with E-state index in [1.54, 1.807) is 0 Å². The molecule has 0 radical (unpaired) electrons. The van der Waals surface area contributed by atoms with Crippen LogP contribution in [0.3, 0.4) is 0 Å². The molecule has 0 N–H and O–H groups in total. The highest BCUT2D eigenvalue weighted by Gasteiger charge is 2.21. The van der Waals surface area contributed by atoms with Gasteiger partial charge in [-0.05, 0) is 11.6 Å². The summed E-state index contributed by atoms with van der Waals surface area (Å²) in [5.74, 6) is 0. The van der Waals surface area contributed by atoms with Crippen LogP contribution in [0.5, 0.6) is 0 Å². The fourth-order valence-corrected chi connectivity index (χ4v) is 2.10. The van der Waals surface area contributed by atoms with Crippen LogP contribution >= 0.6 is 11.6 Å². The molecule has 90 valence electrons. The van der Waals surface area contributed by atoms with E-state index in [1.165, 1.54) is 30.9 Å². The van der Waals surface area contributed by atoms with Crippen molar-refractivity contribution in [2.75, 3.05) is 27.3 Å². The lowest BCUT2D eigenvalue weighted by molar-refractivity contribution is 0.185. The second kappa shape index (κ2) is 5.53. The lowest BCUT2D eigenvalue weighted by Gasteiger charge is -2.15. The van der Waals surface area contributed by atoms with Crippen LogP contribution in [0, 0.1) is 0 Å². The molecule has 1 aromatic rings. The van der Waals surface area contributed by atoms with Crippen LogP contribution in [0.25, 0.3) is 0 Å². The predicted molar refractivity (Wildman–Crippen MR) is 58.7 cm³/mol. The molecule has 0 saturated carbocycles. The second-order valence-corrected chi connectivity index (χ2v) is 5.39. The Morgan fingerprint density at radius 1 is 1.44 bits per heavy atom. The summed E-state index contributed by atoms with van der Waals surface area (Å²) in [6.45, 7) is 0.589. The van der Waals surface area contributed by atoms with Crippen LogP contribution in [-0.4, -0.2) is 50.0 Å². The fourth-order valence-electron chi connectivity index (χ4n) is 0.954. The maximum Gasteiger partial charge on any atom is 0.245 e. The molecule has 0 aliphatic carbocycles. The van der Waals surface area contributed by atoms with Gasteiger partial charge in [-0.3, -0.25) is 0 Å². The topological polar surface area (TPSA) is 72.4 Å². The Morgan fingerprint density at radius 2 is 2.00 bits per heavy atom. The van der Waals surface area contributed by atoms with E-state index in [9.17, 15) is 8.42 Å². The van der Waals surface area contributed by atoms with Crippen molar-refractivity contribution in [1.29, 1.82) is 0 Å². The number of halogens is 1. The summed E-state index contributed by atoms with van der Waals surface area (Å²) >= 11 is 5.47. The zero-order valence-electron chi connectivity index (χ0n) is 8.92. The Balaban J connectivity index is 2.89. The van der Waals surface area contributed by atoms with Crippen LogP contribution in [0.4, 0.5) is 0 Å². The first kappa shape index (κ1) is 13.3. The molecule has 0 aliphatic rings. The van der Waals surface area contributed by atoms with Crippen molar-refractivity contribution >= 4 is 21.6 Å². The molecule has 0 aromatic carbocycles. The first-order chi connectivity index (χ1) is 7.48. The fraction of sp³-hybridized carbons (Fsp3) is 0.500. The first-order valence-electron chi connectivity index (χ1n) is 4.41. The summed E-state index contributed by atoms with van der Waals surface area (Å²) in [6, 6.07) is 0. The van der Waals surface area contributed by atoms with Gasteiger partial charge < -0.3 is 4.74 Å². The normalized spacial score (nSPS) is 12.0. The molecule has 0 unspecified atom stereocenters. The zero-order chi connectivity index (χ0) is 12.2. The van der Waals surface area contributed by atoms with Gasteiger partial charge in [-0.2, -0.15) is 4.31 Å². The summed E-state index contributed by atoms with van der Waals surface area (Å²) in [6.07, 6.45) is 2.35. The average molecular weight is 266 g/mol. The number of hydrogen-bond donors (Lipinski definition) is 0. The highest BCUT2D eigenvalue weighted by atomic mass is 35.5. The van der Waals surface area contributed by atoms with Crippen LogP contribution in [0.15, 0.2) is 17.3 Å². The van der Waals surface area contributed by atoms with E-state index in [-0.39, 0.29) is 16.7 Å². The molecule has 0 spiro atoms. The van der Waals surface area contributed by atoms with Gasteiger partial charge in [0.2, 0.25) is 15.3 Å². The third-order valence-corrected chi connectivity index (χ3v) is 3.92. The molecule has 6 nitrogen and oxygen atoms in total. The lowest BCUT2D eigenvalue weighted by Crippen LogP contribution is -2.30. The minimum atomic E-state index is -3.56. The van der Waals surface area contributed by atoms with Crippen LogP contribution in [-0.2, 0) is 14.8 Å².